The number of carbonyl (C=O) groups is 2. The second-order valence-electron chi connectivity index (χ2n) is 6.38. The quantitative estimate of drug-likeness (QED) is 0.565. The van der Waals surface area contributed by atoms with E-state index in [0.29, 0.717) is 5.75 Å². The molecule has 0 heterocycles. The number of hydrogen-bond donors (Lipinski definition) is 3. The van der Waals surface area contributed by atoms with Crippen molar-refractivity contribution in [2.75, 3.05) is 6.61 Å². The highest BCUT2D eigenvalue weighted by molar-refractivity contribution is 7.80. The highest BCUT2D eigenvalue weighted by Gasteiger charge is 2.21. The third kappa shape index (κ3) is 6.34. The summed E-state index contributed by atoms with van der Waals surface area (Å²) in [6.45, 7) is 3.72. The Labute approximate surface area is 153 Å². The molecule has 2 rings (SSSR count). The lowest BCUT2D eigenvalue weighted by molar-refractivity contribution is -0.126. The Balaban J connectivity index is 1.70. The summed E-state index contributed by atoms with van der Waals surface area (Å²) in [7, 11) is 0. The van der Waals surface area contributed by atoms with Crippen LogP contribution in [0, 0.1) is 19.8 Å². The third-order valence-corrected chi connectivity index (χ3v) is 4.43. The van der Waals surface area contributed by atoms with Crippen LogP contribution in [-0.4, -0.2) is 23.5 Å². The monoisotopic (exact) mass is 363 g/mol. The molecule has 25 heavy (non-hydrogen) atoms. The average molecular weight is 363 g/mol. The minimum absolute atomic E-state index is 0.0207. The maximum atomic E-state index is 12.0. The van der Waals surface area contributed by atoms with Crippen molar-refractivity contribution < 1.29 is 14.3 Å². The van der Waals surface area contributed by atoms with E-state index in [1.807, 2.05) is 32.0 Å². The van der Waals surface area contributed by atoms with Gasteiger partial charge in [0.15, 0.2) is 11.7 Å². The number of carbonyl (C=O) groups excluding carboxylic acids is 2. The molecule has 6 nitrogen and oxygen atoms in total. The minimum Gasteiger partial charge on any atom is -0.483 e. The van der Waals surface area contributed by atoms with Crippen LogP contribution in [0.1, 0.15) is 43.2 Å². The van der Waals surface area contributed by atoms with E-state index in [1.54, 1.807) is 0 Å². The van der Waals surface area contributed by atoms with Crippen LogP contribution in [0.2, 0.25) is 0 Å². The summed E-state index contributed by atoms with van der Waals surface area (Å²) in [5.41, 5.74) is 7.15. The fourth-order valence-corrected chi connectivity index (χ4v) is 2.95. The number of amides is 2. The number of hydrazine groups is 1. The molecule has 1 aromatic rings. The average Bonchev–Trinajstić information content (AvgIpc) is 2.61. The number of ether oxygens (including phenoxy) is 1. The van der Waals surface area contributed by atoms with Crippen molar-refractivity contribution in [2.24, 2.45) is 5.92 Å². The summed E-state index contributed by atoms with van der Waals surface area (Å²) < 4.78 is 5.51. The van der Waals surface area contributed by atoms with Crippen molar-refractivity contribution in [3.05, 3.63) is 29.3 Å². The fourth-order valence-electron chi connectivity index (χ4n) is 2.79. The van der Waals surface area contributed by atoms with Crippen LogP contribution in [0.4, 0.5) is 0 Å². The lowest BCUT2D eigenvalue weighted by Crippen LogP contribution is -2.51. The van der Waals surface area contributed by atoms with Crippen molar-refractivity contribution in [3.8, 4) is 5.75 Å². The van der Waals surface area contributed by atoms with Crippen molar-refractivity contribution in [3.63, 3.8) is 0 Å². The number of thiocarbonyl (C=S) groups is 1. The Morgan fingerprint density at radius 3 is 2.60 bits per heavy atom. The molecule has 0 bridgehead atoms. The number of aryl methyl sites for hydroxylation is 2. The molecule has 1 fully saturated rings. The third-order valence-electron chi connectivity index (χ3n) is 4.23. The minimum atomic E-state index is -0.384. The fraction of sp³-hybridized carbons (Fsp3) is 0.500. The Hall–Kier alpha value is -2.15. The first-order chi connectivity index (χ1) is 12.0. The molecule has 1 aliphatic rings. The van der Waals surface area contributed by atoms with Crippen molar-refractivity contribution in [1.29, 1.82) is 0 Å². The molecule has 0 aromatic heterocycles. The SMILES string of the molecule is Cc1ccc(C)c(OCC(=O)NC(=S)NNC(=O)C2CCCCC2)c1. The van der Waals surface area contributed by atoms with Crippen LogP contribution in [0.3, 0.4) is 0 Å². The molecule has 0 atom stereocenters. The highest BCUT2D eigenvalue weighted by atomic mass is 32.1. The predicted molar refractivity (Wildman–Crippen MR) is 100 cm³/mol. The molecule has 3 N–H and O–H groups in total. The molecule has 0 radical (unpaired) electrons. The van der Waals surface area contributed by atoms with Gasteiger partial charge in [0.25, 0.3) is 5.91 Å². The molecule has 136 valence electrons. The van der Waals surface area contributed by atoms with Crippen LogP contribution >= 0.6 is 12.2 Å². The number of hydrogen-bond acceptors (Lipinski definition) is 4. The van der Waals surface area contributed by atoms with Crippen molar-refractivity contribution >= 4 is 29.1 Å². The number of rotatable bonds is 4. The molecule has 7 heteroatoms. The summed E-state index contributed by atoms with van der Waals surface area (Å²) >= 11 is 5.01. The van der Waals surface area contributed by atoms with E-state index in [0.717, 1.165) is 36.8 Å². The van der Waals surface area contributed by atoms with Crippen LogP contribution in [0.15, 0.2) is 18.2 Å². The van der Waals surface area contributed by atoms with Crippen LogP contribution in [0.5, 0.6) is 5.75 Å². The molecule has 0 aliphatic heterocycles. The van der Waals surface area contributed by atoms with E-state index < -0.39 is 0 Å². The van der Waals surface area contributed by atoms with Crippen LogP contribution < -0.4 is 20.9 Å². The Kier molecular flexibility index (Phi) is 7.18. The first kappa shape index (κ1) is 19.2. The van der Waals surface area contributed by atoms with E-state index in [4.69, 9.17) is 17.0 Å². The Morgan fingerprint density at radius 2 is 1.88 bits per heavy atom. The maximum absolute atomic E-state index is 12.0. The van der Waals surface area contributed by atoms with E-state index in [9.17, 15) is 9.59 Å². The Bertz CT molecular complexity index is 642. The summed E-state index contributed by atoms with van der Waals surface area (Å²) in [4.78, 5) is 23.9. The van der Waals surface area contributed by atoms with Gasteiger partial charge in [0.05, 0.1) is 0 Å². The molecule has 0 saturated heterocycles. The summed E-state index contributed by atoms with van der Waals surface area (Å²) in [5, 5.41) is 2.54. The number of nitrogens with one attached hydrogen (secondary N) is 3. The van der Waals surface area contributed by atoms with E-state index in [2.05, 4.69) is 16.2 Å². The molecule has 0 spiro atoms. The second kappa shape index (κ2) is 9.36. The van der Waals surface area contributed by atoms with E-state index in [-0.39, 0.29) is 29.5 Å². The van der Waals surface area contributed by atoms with Gasteiger partial charge in [0.1, 0.15) is 5.75 Å². The zero-order valence-corrected chi connectivity index (χ0v) is 15.5. The van der Waals surface area contributed by atoms with Gasteiger partial charge in [-0.1, -0.05) is 31.4 Å². The molecular formula is C18H25N3O3S. The first-order valence-corrected chi connectivity index (χ1v) is 8.96. The predicted octanol–water partition coefficient (Wildman–Crippen LogP) is 2.28. The maximum Gasteiger partial charge on any atom is 0.264 e. The summed E-state index contributed by atoms with van der Waals surface area (Å²) in [6.07, 6.45) is 5.14. The Morgan fingerprint density at radius 1 is 1.16 bits per heavy atom. The summed E-state index contributed by atoms with van der Waals surface area (Å²) in [6, 6.07) is 5.80. The van der Waals surface area contributed by atoms with E-state index >= 15 is 0 Å². The highest BCUT2D eigenvalue weighted by Crippen LogP contribution is 2.23. The first-order valence-electron chi connectivity index (χ1n) is 8.55. The molecule has 2 amide bonds. The van der Waals surface area contributed by atoms with Gasteiger partial charge in [-0.05, 0) is 56.1 Å². The molecule has 0 unspecified atom stereocenters. The zero-order valence-electron chi connectivity index (χ0n) is 14.7. The van der Waals surface area contributed by atoms with E-state index in [1.165, 1.54) is 6.42 Å². The molecule has 1 aromatic carbocycles. The van der Waals surface area contributed by atoms with Gasteiger partial charge in [-0.2, -0.15) is 0 Å². The van der Waals surface area contributed by atoms with Gasteiger partial charge in [-0.15, -0.1) is 0 Å². The van der Waals surface area contributed by atoms with Gasteiger partial charge >= 0.3 is 0 Å². The van der Waals surface area contributed by atoms with Gasteiger partial charge in [0, 0.05) is 5.92 Å². The normalized spacial score (nSPS) is 14.5. The second-order valence-corrected chi connectivity index (χ2v) is 6.79. The van der Waals surface area contributed by atoms with Crippen LogP contribution in [0.25, 0.3) is 0 Å². The van der Waals surface area contributed by atoms with Crippen molar-refractivity contribution in [2.45, 2.75) is 46.0 Å². The van der Waals surface area contributed by atoms with Gasteiger partial charge < -0.3 is 4.74 Å². The topological polar surface area (TPSA) is 79.5 Å². The van der Waals surface area contributed by atoms with Gasteiger partial charge in [-0.25, -0.2) is 0 Å². The molecular weight excluding hydrogens is 338 g/mol. The van der Waals surface area contributed by atoms with Crippen molar-refractivity contribution in [1.82, 2.24) is 16.2 Å². The lowest BCUT2D eigenvalue weighted by Gasteiger charge is -2.21. The standard InChI is InChI=1S/C18H25N3O3S/c1-12-8-9-13(2)15(10-12)24-11-16(22)19-18(25)21-20-17(23)14-6-4-3-5-7-14/h8-10,14H,3-7,11H2,1-2H3,(H,20,23)(H2,19,21,22,25). The lowest BCUT2D eigenvalue weighted by atomic mass is 9.89. The molecule has 1 saturated carbocycles. The van der Waals surface area contributed by atoms with Gasteiger partial charge in [-0.3, -0.25) is 25.8 Å². The molecule has 1 aliphatic carbocycles. The largest absolute Gasteiger partial charge is 0.483 e. The smallest absolute Gasteiger partial charge is 0.264 e. The zero-order chi connectivity index (χ0) is 18.2. The number of benzene rings is 1. The summed E-state index contributed by atoms with van der Waals surface area (Å²) in [5.74, 6) is 0.222. The van der Waals surface area contributed by atoms with Crippen LogP contribution in [-0.2, 0) is 9.59 Å². The van der Waals surface area contributed by atoms with Gasteiger partial charge in [0.2, 0.25) is 5.91 Å².